The van der Waals surface area contributed by atoms with Crippen molar-refractivity contribution in [1.82, 2.24) is 5.32 Å². The number of hydrogen-bond acceptors (Lipinski definition) is 2. The molecule has 0 spiro atoms. The van der Waals surface area contributed by atoms with Crippen molar-refractivity contribution in [3.63, 3.8) is 0 Å². The number of aromatic hydroxyl groups is 1. The van der Waals surface area contributed by atoms with Crippen LogP contribution in [0, 0.1) is 5.92 Å². The van der Waals surface area contributed by atoms with Crippen LogP contribution in [0.3, 0.4) is 0 Å². The van der Waals surface area contributed by atoms with Gasteiger partial charge in [0, 0.05) is 6.04 Å². The fourth-order valence-electron chi connectivity index (χ4n) is 1.60. The van der Waals surface area contributed by atoms with E-state index < -0.39 is 0 Å². The largest absolute Gasteiger partial charge is 0.508 e. The molecule has 0 aliphatic carbocycles. The van der Waals surface area contributed by atoms with Crippen LogP contribution in [0.4, 0.5) is 0 Å². The zero-order valence-corrected chi connectivity index (χ0v) is 9.12. The summed E-state index contributed by atoms with van der Waals surface area (Å²) in [4.78, 5) is 0. The lowest BCUT2D eigenvalue weighted by Gasteiger charge is -2.18. The second kappa shape index (κ2) is 5.01. The summed E-state index contributed by atoms with van der Waals surface area (Å²) in [6.45, 7) is 4.43. The number of nitrogens with one attached hydrogen (secondary N) is 1. The van der Waals surface area contributed by atoms with Crippen molar-refractivity contribution in [1.29, 1.82) is 0 Å². The van der Waals surface area contributed by atoms with E-state index in [2.05, 4.69) is 19.2 Å². The molecule has 0 radical (unpaired) electrons. The molecule has 78 valence electrons. The molecule has 0 amide bonds. The van der Waals surface area contributed by atoms with Gasteiger partial charge in [0.25, 0.3) is 0 Å². The second-order valence-electron chi connectivity index (χ2n) is 4.06. The smallest absolute Gasteiger partial charge is 0.115 e. The molecule has 1 rings (SSSR count). The number of phenols is 1. The maximum Gasteiger partial charge on any atom is 0.115 e. The monoisotopic (exact) mass is 193 g/mol. The molecular weight excluding hydrogens is 174 g/mol. The fourth-order valence-corrected chi connectivity index (χ4v) is 1.60. The van der Waals surface area contributed by atoms with Crippen molar-refractivity contribution >= 4 is 0 Å². The molecule has 1 aromatic rings. The van der Waals surface area contributed by atoms with E-state index >= 15 is 0 Å². The normalized spacial score (nSPS) is 13.1. The molecule has 14 heavy (non-hydrogen) atoms. The quantitative estimate of drug-likeness (QED) is 0.770. The Kier molecular flexibility index (Phi) is 3.96. The van der Waals surface area contributed by atoms with Crippen LogP contribution in [-0.2, 0) is 0 Å². The van der Waals surface area contributed by atoms with Crippen LogP contribution in [0.25, 0.3) is 0 Å². The van der Waals surface area contributed by atoms with E-state index in [9.17, 15) is 5.11 Å². The highest BCUT2D eigenvalue weighted by Crippen LogP contribution is 2.22. The van der Waals surface area contributed by atoms with Crippen LogP contribution in [0.1, 0.15) is 31.9 Å². The number of phenolic OH excluding ortho intramolecular Hbond substituents is 1. The highest BCUT2D eigenvalue weighted by Gasteiger charge is 2.10. The Morgan fingerprint density at radius 3 is 2.21 bits per heavy atom. The molecule has 0 bridgehead atoms. The lowest BCUT2D eigenvalue weighted by atomic mass is 9.97. The molecule has 1 aromatic carbocycles. The summed E-state index contributed by atoms with van der Waals surface area (Å²) in [5.41, 5.74) is 1.24. The van der Waals surface area contributed by atoms with Crippen LogP contribution in [0.2, 0.25) is 0 Å². The molecule has 2 heteroatoms. The Labute approximate surface area is 86.0 Å². The fraction of sp³-hybridized carbons (Fsp3) is 0.500. The molecule has 0 fully saturated rings. The van der Waals surface area contributed by atoms with Gasteiger partial charge in [0.05, 0.1) is 0 Å². The Morgan fingerprint density at radius 2 is 1.79 bits per heavy atom. The van der Waals surface area contributed by atoms with Crippen LogP contribution in [0.15, 0.2) is 24.3 Å². The van der Waals surface area contributed by atoms with E-state index in [4.69, 9.17) is 0 Å². The summed E-state index contributed by atoms with van der Waals surface area (Å²) in [5.74, 6) is 0.995. The van der Waals surface area contributed by atoms with Gasteiger partial charge in [0.2, 0.25) is 0 Å². The van der Waals surface area contributed by atoms with E-state index in [0.29, 0.717) is 17.7 Å². The zero-order chi connectivity index (χ0) is 10.6. The van der Waals surface area contributed by atoms with Gasteiger partial charge in [-0.25, -0.2) is 0 Å². The van der Waals surface area contributed by atoms with E-state index in [0.717, 1.165) is 6.42 Å². The van der Waals surface area contributed by atoms with E-state index in [1.807, 2.05) is 19.2 Å². The molecule has 0 aliphatic heterocycles. The number of hydrogen-bond donors (Lipinski definition) is 2. The van der Waals surface area contributed by atoms with Gasteiger partial charge in [-0.1, -0.05) is 26.0 Å². The molecule has 0 saturated heterocycles. The maximum atomic E-state index is 9.17. The minimum atomic E-state index is 0.327. The molecule has 0 saturated carbocycles. The highest BCUT2D eigenvalue weighted by molar-refractivity contribution is 5.27. The molecule has 0 heterocycles. The van der Waals surface area contributed by atoms with Gasteiger partial charge in [-0.2, -0.15) is 0 Å². The summed E-state index contributed by atoms with van der Waals surface area (Å²) in [6, 6.07) is 7.80. The summed E-state index contributed by atoms with van der Waals surface area (Å²) in [6.07, 6.45) is 1.11. The first-order chi connectivity index (χ1) is 6.63. The van der Waals surface area contributed by atoms with Crippen LogP contribution >= 0.6 is 0 Å². The van der Waals surface area contributed by atoms with Crippen LogP contribution in [0.5, 0.6) is 5.75 Å². The predicted molar refractivity (Wildman–Crippen MR) is 59.4 cm³/mol. The first-order valence-corrected chi connectivity index (χ1v) is 5.09. The molecule has 0 aliphatic rings. The van der Waals surface area contributed by atoms with Crippen LogP contribution < -0.4 is 5.32 Å². The minimum absolute atomic E-state index is 0.327. The third-order valence-corrected chi connectivity index (χ3v) is 2.35. The maximum absolute atomic E-state index is 9.17. The first-order valence-electron chi connectivity index (χ1n) is 5.09. The molecule has 2 N–H and O–H groups in total. The zero-order valence-electron chi connectivity index (χ0n) is 9.12. The Hall–Kier alpha value is -1.02. The van der Waals surface area contributed by atoms with Crippen molar-refractivity contribution in [2.24, 2.45) is 5.92 Å². The lowest BCUT2D eigenvalue weighted by Crippen LogP contribution is -2.18. The van der Waals surface area contributed by atoms with Gasteiger partial charge in [0.1, 0.15) is 5.75 Å². The van der Waals surface area contributed by atoms with Crippen molar-refractivity contribution in [2.75, 3.05) is 7.05 Å². The Balaban J connectivity index is 2.73. The average molecular weight is 193 g/mol. The number of benzene rings is 1. The SMILES string of the molecule is CNC(CC(C)C)c1ccc(O)cc1. The highest BCUT2D eigenvalue weighted by atomic mass is 16.3. The third-order valence-electron chi connectivity index (χ3n) is 2.35. The topological polar surface area (TPSA) is 32.3 Å². The van der Waals surface area contributed by atoms with Crippen molar-refractivity contribution in [3.05, 3.63) is 29.8 Å². The second-order valence-corrected chi connectivity index (χ2v) is 4.06. The summed E-state index contributed by atoms with van der Waals surface area (Å²) >= 11 is 0. The molecule has 0 aromatic heterocycles. The predicted octanol–water partition coefficient (Wildman–Crippen LogP) is 2.70. The third kappa shape index (κ3) is 3.04. The van der Waals surface area contributed by atoms with Gasteiger partial charge < -0.3 is 10.4 Å². The molecule has 1 unspecified atom stereocenters. The summed E-state index contributed by atoms with van der Waals surface area (Å²) in [7, 11) is 1.97. The molecule has 2 nitrogen and oxygen atoms in total. The summed E-state index contributed by atoms with van der Waals surface area (Å²) < 4.78 is 0. The standard InChI is InChI=1S/C12H19NO/c1-9(2)8-12(13-3)10-4-6-11(14)7-5-10/h4-7,9,12-14H,8H2,1-3H3. The van der Waals surface area contributed by atoms with Crippen molar-refractivity contribution < 1.29 is 5.11 Å². The van der Waals surface area contributed by atoms with Gasteiger partial charge in [0.15, 0.2) is 0 Å². The Morgan fingerprint density at radius 1 is 1.21 bits per heavy atom. The van der Waals surface area contributed by atoms with Gasteiger partial charge in [-0.15, -0.1) is 0 Å². The van der Waals surface area contributed by atoms with E-state index in [-0.39, 0.29) is 0 Å². The van der Waals surface area contributed by atoms with Gasteiger partial charge >= 0.3 is 0 Å². The number of rotatable bonds is 4. The van der Waals surface area contributed by atoms with Crippen molar-refractivity contribution in [3.8, 4) is 5.75 Å². The van der Waals surface area contributed by atoms with Crippen molar-refractivity contribution in [2.45, 2.75) is 26.3 Å². The minimum Gasteiger partial charge on any atom is -0.508 e. The first kappa shape index (κ1) is 11.1. The summed E-state index contributed by atoms with van der Waals surface area (Å²) in [5, 5.41) is 12.5. The average Bonchev–Trinajstić information content (AvgIpc) is 2.15. The van der Waals surface area contributed by atoms with E-state index in [1.165, 1.54) is 5.56 Å². The molecular formula is C12H19NO. The van der Waals surface area contributed by atoms with E-state index in [1.54, 1.807) is 12.1 Å². The van der Waals surface area contributed by atoms with Crippen LogP contribution in [-0.4, -0.2) is 12.2 Å². The molecule has 1 atom stereocenters. The Bertz CT molecular complexity index is 266. The lowest BCUT2D eigenvalue weighted by molar-refractivity contribution is 0.453. The van der Waals surface area contributed by atoms with Gasteiger partial charge in [-0.05, 0) is 37.1 Å². The van der Waals surface area contributed by atoms with Gasteiger partial charge in [-0.3, -0.25) is 0 Å².